The fourth-order valence-electron chi connectivity index (χ4n) is 3.32. The van der Waals surface area contributed by atoms with Gasteiger partial charge in [0.15, 0.2) is 0 Å². The van der Waals surface area contributed by atoms with E-state index >= 15 is 0 Å². The monoisotopic (exact) mass is 416 g/mol. The summed E-state index contributed by atoms with van der Waals surface area (Å²) in [5.74, 6) is 0.579. The predicted octanol–water partition coefficient (Wildman–Crippen LogP) is 2.77. The molecule has 0 N–H and O–H groups in total. The Morgan fingerprint density at radius 1 is 0.966 bits per heavy atom. The molecule has 4 rings (SSSR count). The molecule has 1 saturated heterocycles. The fraction of sp³-hybridized carbons (Fsp3) is 0.300. The minimum atomic E-state index is -3.64. The van der Waals surface area contributed by atoms with Crippen LogP contribution in [0.2, 0.25) is 0 Å². The van der Waals surface area contributed by atoms with Crippen LogP contribution in [-0.4, -0.2) is 53.9 Å². The first-order valence-corrected chi connectivity index (χ1v) is 10.8. The summed E-state index contributed by atoms with van der Waals surface area (Å²) in [5, 5.41) is 4.03. The molecule has 0 bridgehead atoms. The van der Waals surface area contributed by atoms with Crippen molar-refractivity contribution in [2.24, 2.45) is 0 Å². The van der Waals surface area contributed by atoms with Gasteiger partial charge in [-0.3, -0.25) is 4.90 Å². The fourth-order valence-corrected chi connectivity index (χ4v) is 4.79. The van der Waals surface area contributed by atoms with E-state index < -0.39 is 15.8 Å². The average Bonchev–Trinajstić information content (AvgIpc) is 3.06. The zero-order valence-corrected chi connectivity index (χ0v) is 16.6. The van der Waals surface area contributed by atoms with E-state index in [9.17, 15) is 12.8 Å². The number of hydrogen-bond donors (Lipinski definition) is 0. The van der Waals surface area contributed by atoms with Crippen molar-refractivity contribution < 1.29 is 17.3 Å². The van der Waals surface area contributed by atoms with Gasteiger partial charge in [-0.25, -0.2) is 12.8 Å². The van der Waals surface area contributed by atoms with Gasteiger partial charge in [0, 0.05) is 25.2 Å². The smallest absolute Gasteiger partial charge is 0.243 e. The summed E-state index contributed by atoms with van der Waals surface area (Å²) in [7, 11) is -3.64. The predicted molar refractivity (Wildman–Crippen MR) is 105 cm³/mol. The molecule has 9 heteroatoms. The maximum atomic E-state index is 13.1. The van der Waals surface area contributed by atoms with Crippen LogP contribution in [0.25, 0.3) is 11.4 Å². The largest absolute Gasteiger partial charge is 0.338 e. The third-order valence-electron chi connectivity index (χ3n) is 4.86. The second kappa shape index (κ2) is 8.40. The molecule has 29 heavy (non-hydrogen) atoms. The molecule has 0 radical (unpaired) electrons. The first-order valence-electron chi connectivity index (χ1n) is 9.38. The van der Waals surface area contributed by atoms with Crippen LogP contribution >= 0.6 is 0 Å². The van der Waals surface area contributed by atoms with E-state index in [-0.39, 0.29) is 4.90 Å². The molecule has 2 heterocycles. The molecule has 7 nitrogen and oxygen atoms in total. The van der Waals surface area contributed by atoms with E-state index in [1.54, 1.807) is 0 Å². The third kappa shape index (κ3) is 4.52. The molecular weight excluding hydrogens is 395 g/mol. The Morgan fingerprint density at radius 2 is 1.72 bits per heavy atom. The number of benzene rings is 2. The molecular formula is C20H21FN4O3S. The molecule has 152 valence electrons. The van der Waals surface area contributed by atoms with Crippen LogP contribution in [0.5, 0.6) is 0 Å². The number of aromatic nitrogens is 2. The SMILES string of the molecule is O=S(=O)(c1ccc(F)cc1)N1CCCN(Cc2nc(-c3ccccc3)no2)CC1. The second-order valence-electron chi connectivity index (χ2n) is 6.87. The lowest BCUT2D eigenvalue weighted by Crippen LogP contribution is -2.35. The number of sulfonamides is 1. The van der Waals surface area contributed by atoms with Gasteiger partial charge in [0.05, 0.1) is 11.4 Å². The highest BCUT2D eigenvalue weighted by Gasteiger charge is 2.27. The summed E-state index contributed by atoms with van der Waals surface area (Å²) in [6.45, 7) is 2.49. The number of hydrogen-bond acceptors (Lipinski definition) is 6. The van der Waals surface area contributed by atoms with Crippen molar-refractivity contribution in [3.63, 3.8) is 0 Å². The molecule has 0 aliphatic carbocycles. The maximum Gasteiger partial charge on any atom is 0.243 e. The average molecular weight is 416 g/mol. The van der Waals surface area contributed by atoms with Gasteiger partial charge in [0.25, 0.3) is 0 Å². The lowest BCUT2D eigenvalue weighted by Gasteiger charge is -2.20. The van der Waals surface area contributed by atoms with E-state index in [2.05, 4.69) is 15.0 Å². The summed E-state index contributed by atoms with van der Waals surface area (Å²) >= 11 is 0. The lowest BCUT2D eigenvalue weighted by atomic mass is 10.2. The molecule has 0 amide bonds. The van der Waals surface area contributed by atoms with Gasteiger partial charge in [-0.15, -0.1) is 0 Å². The first kappa shape index (κ1) is 19.7. The van der Waals surface area contributed by atoms with Crippen LogP contribution in [0, 0.1) is 5.82 Å². The summed E-state index contributed by atoms with van der Waals surface area (Å²) in [5.41, 5.74) is 0.884. The highest BCUT2D eigenvalue weighted by molar-refractivity contribution is 7.89. The van der Waals surface area contributed by atoms with Gasteiger partial charge in [-0.05, 0) is 37.2 Å². The summed E-state index contributed by atoms with van der Waals surface area (Å²) in [6.07, 6.45) is 0.681. The van der Waals surface area contributed by atoms with Crippen molar-refractivity contribution in [1.29, 1.82) is 0 Å². The van der Waals surface area contributed by atoms with Crippen molar-refractivity contribution in [2.75, 3.05) is 26.2 Å². The van der Waals surface area contributed by atoms with Gasteiger partial charge in [-0.2, -0.15) is 9.29 Å². The van der Waals surface area contributed by atoms with E-state index in [0.717, 1.165) is 24.2 Å². The van der Waals surface area contributed by atoms with Crippen LogP contribution in [0.3, 0.4) is 0 Å². The van der Waals surface area contributed by atoms with Gasteiger partial charge >= 0.3 is 0 Å². The maximum absolute atomic E-state index is 13.1. The zero-order chi connectivity index (χ0) is 20.3. The van der Waals surface area contributed by atoms with Crippen molar-refractivity contribution in [2.45, 2.75) is 17.9 Å². The number of nitrogens with zero attached hydrogens (tertiary/aromatic N) is 4. The summed E-state index contributed by atoms with van der Waals surface area (Å²) < 4.78 is 45.6. The molecule has 3 aromatic rings. The third-order valence-corrected chi connectivity index (χ3v) is 6.77. The van der Waals surface area contributed by atoms with Crippen molar-refractivity contribution >= 4 is 10.0 Å². The van der Waals surface area contributed by atoms with Gasteiger partial charge in [0.1, 0.15) is 5.82 Å². The molecule has 0 unspecified atom stereocenters. The molecule has 0 saturated carbocycles. The lowest BCUT2D eigenvalue weighted by molar-refractivity contribution is 0.236. The topological polar surface area (TPSA) is 79.5 Å². The zero-order valence-electron chi connectivity index (χ0n) is 15.7. The molecule has 0 atom stereocenters. The Morgan fingerprint density at radius 3 is 2.48 bits per heavy atom. The Balaban J connectivity index is 1.40. The Labute approximate surface area is 168 Å². The minimum Gasteiger partial charge on any atom is -0.338 e. The minimum absolute atomic E-state index is 0.108. The standard InChI is InChI=1S/C20H21FN4O3S/c21-17-7-9-18(10-8-17)29(26,27)25-12-4-11-24(13-14-25)15-19-22-20(23-28-19)16-5-2-1-3-6-16/h1-3,5-10H,4,11-15H2. The Bertz CT molecular complexity index is 1050. The Hall–Kier alpha value is -2.62. The van der Waals surface area contributed by atoms with E-state index in [1.165, 1.54) is 16.4 Å². The normalized spacial score (nSPS) is 16.6. The molecule has 1 aromatic heterocycles. The van der Waals surface area contributed by atoms with E-state index in [0.29, 0.717) is 44.3 Å². The van der Waals surface area contributed by atoms with Gasteiger partial charge in [0.2, 0.25) is 21.7 Å². The van der Waals surface area contributed by atoms with Gasteiger partial charge in [-0.1, -0.05) is 35.5 Å². The second-order valence-corrected chi connectivity index (χ2v) is 8.80. The van der Waals surface area contributed by atoms with Crippen molar-refractivity contribution in [3.05, 3.63) is 66.3 Å². The van der Waals surface area contributed by atoms with Crippen LogP contribution in [-0.2, 0) is 16.6 Å². The molecule has 1 fully saturated rings. The number of rotatable bonds is 5. The van der Waals surface area contributed by atoms with Crippen LogP contribution in [0.4, 0.5) is 4.39 Å². The van der Waals surface area contributed by atoms with Crippen LogP contribution in [0.15, 0.2) is 64.0 Å². The summed E-state index contributed by atoms with van der Waals surface area (Å²) in [4.78, 5) is 6.65. The molecule has 2 aromatic carbocycles. The molecule has 1 aliphatic heterocycles. The number of halogens is 1. The van der Waals surface area contributed by atoms with Crippen LogP contribution in [0.1, 0.15) is 12.3 Å². The molecule has 0 spiro atoms. The highest BCUT2D eigenvalue weighted by Crippen LogP contribution is 2.20. The molecule has 1 aliphatic rings. The highest BCUT2D eigenvalue weighted by atomic mass is 32.2. The Kier molecular flexibility index (Phi) is 5.70. The quantitative estimate of drug-likeness (QED) is 0.636. The van der Waals surface area contributed by atoms with Crippen LogP contribution < -0.4 is 0 Å². The van der Waals surface area contributed by atoms with Crippen molar-refractivity contribution in [1.82, 2.24) is 19.3 Å². The van der Waals surface area contributed by atoms with E-state index in [4.69, 9.17) is 4.52 Å². The van der Waals surface area contributed by atoms with Gasteiger partial charge < -0.3 is 4.52 Å². The van der Waals surface area contributed by atoms with Crippen molar-refractivity contribution in [3.8, 4) is 11.4 Å². The van der Waals surface area contributed by atoms with E-state index in [1.807, 2.05) is 30.3 Å². The first-order chi connectivity index (χ1) is 14.0. The summed E-state index contributed by atoms with van der Waals surface area (Å²) in [6, 6.07) is 14.5.